The number of aliphatic carboxylic acids is 2. The molecule has 214 valence electrons. The number of rotatable bonds is 12. The summed E-state index contributed by atoms with van der Waals surface area (Å²) in [4.78, 5) is 30.9. The Bertz CT molecular complexity index is 1370. The van der Waals surface area contributed by atoms with Crippen molar-refractivity contribution < 1.29 is 42.4 Å². The number of H-pyrrole nitrogens is 2. The molecule has 4 rings (SSSR count). The molecule has 0 amide bonds. The highest BCUT2D eigenvalue weighted by atomic mass is 19.4. The Kier molecular flexibility index (Phi) is 10.4. The molecule has 1 unspecified atom stereocenters. The zero-order chi connectivity index (χ0) is 29.1. The molecule has 0 aliphatic heterocycles. The van der Waals surface area contributed by atoms with Crippen LogP contribution in [0.15, 0.2) is 61.1 Å². The van der Waals surface area contributed by atoms with Crippen molar-refractivity contribution in [3.05, 3.63) is 72.2 Å². The van der Waals surface area contributed by atoms with Gasteiger partial charge in [-0.3, -0.25) is 4.79 Å². The molecule has 2 aromatic heterocycles. The summed E-state index contributed by atoms with van der Waals surface area (Å²) in [5.41, 5.74) is 2.80. The monoisotopic (exact) mass is 562 g/mol. The summed E-state index contributed by atoms with van der Waals surface area (Å²) in [7, 11) is 0. The van der Waals surface area contributed by atoms with Gasteiger partial charge in [-0.05, 0) is 48.7 Å². The van der Waals surface area contributed by atoms with Crippen LogP contribution in [0.5, 0.6) is 11.5 Å². The van der Waals surface area contributed by atoms with Crippen LogP contribution in [0.2, 0.25) is 0 Å². The highest BCUT2D eigenvalue weighted by Crippen LogP contribution is 2.35. The number of ether oxygens (including phenoxy) is 2. The van der Waals surface area contributed by atoms with E-state index in [9.17, 15) is 23.1 Å². The van der Waals surface area contributed by atoms with Gasteiger partial charge in [0.1, 0.15) is 11.5 Å². The number of nitrogens with one attached hydrogen (secondary N) is 3. The highest BCUT2D eigenvalue weighted by molar-refractivity contribution is 5.86. The third-order valence-corrected chi connectivity index (χ3v) is 5.66. The largest absolute Gasteiger partial charge is 0.494 e. The molecule has 10 nitrogen and oxygen atoms in total. The van der Waals surface area contributed by atoms with E-state index in [-0.39, 0.29) is 12.3 Å². The number of carbonyl (C=O) groups is 2. The van der Waals surface area contributed by atoms with Crippen molar-refractivity contribution >= 4 is 28.8 Å². The molecule has 13 heteroatoms. The fraction of sp³-hybridized carbons (Fsp3) is 0.296. The average molecular weight is 563 g/mol. The van der Waals surface area contributed by atoms with E-state index < -0.39 is 18.1 Å². The number of carboxylic acids is 2. The van der Waals surface area contributed by atoms with E-state index in [1.165, 1.54) is 0 Å². The molecule has 1 atom stereocenters. The SMILES string of the molecule is CCOc1ccc(C(CC(=O)O)c2c[nH]c3cc(OCCCNc4ncc[nH]4)ccc23)cc1.O=C(O)C(F)(F)F. The van der Waals surface area contributed by atoms with Crippen molar-refractivity contribution in [2.24, 2.45) is 0 Å². The third-order valence-electron chi connectivity index (χ3n) is 5.66. The second-order valence-corrected chi connectivity index (χ2v) is 8.47. The first-order chi connectivity index (χ1) is 19.1. The number of aromatic nitrogens is 3. The molecule has 2 heterocycles. The summed E-state index contributed by atoms with van der Waals surface area (Å²) >= 11 is 0. The van der Waals surface area contributed by atoms with E-state index >= 15 is 0 Å². The van der Waals surface area contributed by atoms with Crippen LogP contribution in [0, 0.1) is 0 Å². The first-order valence-corrected chi connectivity index (χ1v) is 12.3. The Morgan fingerprint density at radius 2 is 1.75 bits per heavy atom. The molecule has 0 radical (unpaired) electrons. The summed E-state index contributed by atoms with van der Waals surface area (Å²) in [5.74, 6) is -1.58. The molecule has 0 saturated carbocycles. The van der Waals surface area contributed by atoms with E-state index in [1.807, 2.05) is 55.6 Å². The van der Waals surface area contributed by atoms with Crippen LogP contribution in [0.4, 0.5) is 19.1 Å². The molecule has 40 heavy (non-hydrogen) atoms. The maximum Gasteiger partial charge on any atom is 0.490 e. The molecule has 0 saturated heterocycles. The first-order valence-electron chi connectivity index (χ1n) is 12.3. The second kappa shape index (κ2) is 13.9. The zero-order valence-electron chi connectivity index (χ0n) is 21.5. The van der Waals surface area contributed by atoms with E-state index in [4.69, 9.17) is 19.4 Å². The molecule has 0 spiro atoms. The van der Waals surface area contributed by atoms with Gasteiger partial charge in [0.2, 0.25) is 0 Å². The van der Waals surface area contributed by atoms with Crippen molar-refractivity contribution in [1.82, 2.24) is 15.0 Å². The van der Waals surface area contributed by atoms with Crippen molar-refractivity contribution in [3.8, 4) is 11.5 Å². The molecule has 2 aromatic carbocycles. The standard InChI is InChI=1S/C25H28N4O4.C2HF3O2/c1-2-32-18-6-4-17(5-7-18)21(15-24(30)31)22-16-29-23-14-19(8-9-20(22)23)33-13-3-10-26-25-27-11-12-28-25;3-2(4,5)1(6)7/h4-9,11-12,14,16,21,29H,2-3,10,13,15H2,1H3,(H,30,31)(H2,26,27,28);(H,6,7). The molecule has 0 aliphatic carbocycles. The van der Waals surface area contributed by atoms with Crippen LogP contribution in [0.25, 0.3) is 10.9 Å². The van der Waals surface area contributed by atoms with Crippen LogP contribution in [0.1, 0.15) is 36.8 Å². The smallest absolute Gasteiger partial charge is 0.490 e. The van der Waals surface area contributed by atoms with Crippen LogP contribution >= 0.6 is 0 Å². The van der Waals surface area contributed by atoms with Crippen molar-refractivity contribution in [1.29, 1.82) is 0 Å². The summed E-state index contributed by atoms with van der Waals surface area (Å²) < 4.78 is 43.1. The number of carboxylic acid groups (broad SMARTS) is 2. The first kappa shape index (κ1) is 29.9. The number of hydrogen-bond acceptors (Lipinski definition) is 6. The van der Waals surface area contributed by atoms with E-state index in [0.29, 0.717) is 13.2 Å². The Morgan fingerprint density at radius 3 is 2.35 bits per heavy atom. The normalized spacial score (nSPS) is 11.8. The molecule has 5 N–H and O–H groups in total. The van der Waals surface area contributed by atoms with Gasteiger partial charge in [-0.25, -0.2) is 9.78 Å². The van der Waals surface area contributed by atoms with Crippen LogP contribution in [0.3, 0.4) is 0 Å². The van der Waals surface area contributed by atoms with Gasteiger partial charge in [0.15, 0.2) is 5.95 Å². The Balaban J connectivity index is 0.000000559. The molecular formula is C27H29F3N4O6. The zero-order valence-corrected chi connectivity index (χ0v) is 21.5. The van der Waals surface area contributed by atoms with Crippen molar-refractivity contribution in [2.75, 3.05) is 25.1 Å². The Hall–Kier alpha value is -4.68. The quantitative estimate of drug-likeness (QED) is 0.144. The summed E-state index contributed by atoms with van der Waals surface area (Å²) in [6, 6.07) is 13.5. The molecule has 0 fully saturated rings. The second-order valence-electron chi connectivity index (χ2n) is 8.47. The fourth-order valence-electron chi connectivity index (χ4n) is 3.88. The van der Waals surface area contributed by atoms with Gasteiger partial charge in [-0.1, -0.05) is 12.1 Å². The van der Waals surface area contributed by atoms with E-state index in [0.717, 1.165) is 52.4 Å². The number of hydrogen-bond donors (Lipinski definition) is 5. The lowest BCUT2D eigenvalue weighted by Gasteiger charge is -2.16. The lowest BCUT2D eigenvalue weighted by Crippen LogP contribution is -2.21. The van der Waals surface area contributed by atoms with Crippen LogP contribution < -0.4 is 14.8 Å². The molecule has 0 bridgehead atoms. The Morgan fingerprint density at radius 1 is 1.05 bits per heavy atom. The van der Waals surface area contributed by atoms with Gasteiger partial charge < -0.3 is 35.0 Å². The number of nitrogens with zero attached hydrogens (tertiary/aromatic N) is 1. The molecule has 0 aliphatic rings. The van der Waals surface area contributed by atoms with Gasteiger partial charge in [-0.2, -0.15) is 13.2 Å². The molecule has 4 aromatic rings. The number of anilines is 1. The summed E-state index contributed by atoms with van der Waals surface area (Å²) in [6.07, 6.45) is 1.12. The lowest BCUT2D eigenvalue weighted by atomic mass is 9.88. The fourth-order valence-corrected chi connectivity index (χ4v) is 3.88. The minimum absolute atomic E-state index is 0.00184. The van der Waals surface area contributed by atoms with Gasteiger partial charge >= 0.3 is 18.1 Å². The van der Waals surface area contributed by atoms with Gasteiger partial charge in [0.05, 0.1) is 19.6 Å². The highest BCUT2D eigenvalue weighted by Gasteiger charge is 2.38. The van der Waals surface area contributed by atoms with E-state index in [2.05, 4.69) is 20.3 Å². The maximum atomic E-state index is 11.6. The number of fused-ring (bicyclic) bond motifs is 1. The maximum absolute atomic E-state index is 11.6. The van der Waals surface area contributed by atoms with Crippen molar-refractivity contribution in [3.63, 3.8) is 0 Å². The predicted molar refractivity (Wildman–Crippen MR) is 141 cm³/mol. The number of aromatic amines is 2. The predicted octanol–water partition coefficient (Wildman–Crippen LogP) is 5.41. The van der Waals surface area contributed by atoms with Gasteiger partial charge in [0, 0.05) is 48.0 Å². The third kappa shape index (κ3) is 8.68. The summed E-state index contributed by atoms with van der Waals surface area (Å²) in [6.45, 7) is 3.84. The van der Waals surface area contributed by atoms with Crippen LogP contribution in [-0.4, -0.2) is 63.0 Å². The number of halogens is 3. The number of alkyl halides is 3. The summed E-state index contributed by atoms with van der Waals surface area (Å²) in [5, 5.41) is 20.8. The van der Waals surface area contributed by atoms with Gasteiger partial charge in [-0.15, -0.1) is 0 Å². The molecular weight excluding hydrogens is 533 g/mol. The number of benzene rings is 2. The van der Waals surface area contributed by atoms with E-state index in [1.54, 1.807) is 12.4 Å². The van der Waals surface area contributed by atoms with Crippen LogP contribution in [-0.2, 0) is 9.59 Å². The topological polar surface area (TPSA) is 150 Å². The number of imidazole rings is 1. The Labute approximate surface area is 227 Å². The minimum atomic E-state index is -5.08. The lowest BCUT2D eigenvalue weighted by molar-refractivity contribution is -0.192. The van der Waals surface area contributed by atoms with Crippen molar-refractivity contribution in [2.45, 2.75) is 31.9 Å². The average Bonchev–Trinajstić information content (AvgIpc) is 3.57. The minimum Gasteiger partial charge on any atom is -0.494 e. The van der Waals surface area contributed by atoms with Gasteiger partial charge in [0.25, 0.3) is 0 Å².